The van der Waals surface area contributed by atoms with E-state index in [9.17, 15) is 8.42 Å². The number of benzene rings is 2. The molecule has 2 aromatic carbocycles. The van der Waals surface area contributed by atoms with E-state index in [4.69, 9.17) is 9.47 Å². The lowest BCUT2D eigenvalue weighted by Crippen LogP contribution is -2.48. The van der Waals surface area contributed by atoms with Gasteiger partial charge in [0.05, 0.1) is 12.4 Å². The highest BCUT2D eigenvalue weighted by Gasteiger charge is 2.32. The fraction of sp³-hybridized carbons (Fsp3) is 0.500. The highest BCUT2D eigenvalue weighted by atomic mass is 32.2. The van der Waals surface area contributed by atoms with Crippen molar-refractivity contribution in [1.29, 1.82) is 0 Å². The monoisotopic (exact) mass is 444 g/mol. The predicted molar refractivity (Wildman–Crippen MR) is 122 cm³/mol. The molecule has 2 aliphatic heterocycles. The molecule has 0 amide bonds. The molecule has 0 atom stereocenters. The lowest BCUT2D eigenvalue weighted by atomic mass is 10.0. The van der Waals surface area contributed by atoms with E-state index in [1.807, 2.05) is 30.3 Å². The number of hydrogen-bond acceptors (Lipinski definition) is 5. The van der Waals surface area contributed by atoms with Crippen LogP contribution < -0.4 is 9.47 Å². The number of ether oxygens (including phenoxy) is 2. The Bertz CT molecular complexity index is 984. The Morgan fingerprint density at radius 1 is 1.00 bits per heavy atom. The molecule has 0 N–H and O–H groups in total. The third-order valence-corrected chi connectivity index (χ3v) is 7.79. The maximum Gasteiger partial charge on any atom is 0.214 e. The van der Waals surface area contributed by atoms with Gasteiger partial charge in [0.1, 0.15) is 5.60 Å². The minimum Gasteiger partial charge on any atom is -0.490 e. The normalized spacial score (nSPS) is 19.0. The summed E-state index contributed by atoms with van der Waals surface area (Å²) < 4.78 is 39.1. The standard InChI is InChI=1S/C24H32N2O4S/c1-24(2)18-21-10-6-11-22(23(21)30-24)29-16-7-17-31(27,28)26-14-12-25(13-15-26)19-20-8-4-3-5-9-20/h3-6,8-11H,7,12-19H2,1-2H3. The van der Waals surface area contributed by atoms with Crippen molar-refractivity contribution in [3.63, 3.8) is 0 Å². The van der Waals surface area contributed by atoms with Crippen molar-refractivity contribution in [2.24, 2.45) is 0 Å². The lowest BCUT2D eigenvalue weighted by molar-refractivity contribution is 0.132. The summed E-state index contributed by atoms with van der Waals surface area (Å²) in [5.41, 5.74) is 2.17. The highest BCUT2D eigenvalue weighted by molar-refractivity contribution is 7.89. The summed E-state index contributed by atoms with van der Waals surface area (Å²) in [6.07, 6.45) is 1.31. The quantitative estimate of drug-likeness (QED) is 0.585. The van der Waals surface area contributed by atoms with Gasteiger partial charge in [0.15, 0.2) is 11.5 Å². The van der Waals surface area contributed by atoms with Gasteiger partial charge in [0, 0.05) is 44.7 Å². The van der Waals surface area contributed by atoms with Crippen LogP contribution in [-0.2, 0) is 23.0 Å². The molecule has 4 rings (SSSR count). The van der Waals surface area contributed by atoms with Crippen molar-refractivity contribution in [3.05, 3.63) is 59.7 Å². The van der Waals surface area contributed by atoms with E-state index in [2.05, 4.69) is 36.9 Å². The summed E-state index contributed by atoms with van der Waals surface area (Å²) in [5.74, 6) is 1.60. The van der Waals surface area contributed by atoms with Crippen LogP contribution in [0.2, 0.25) is 0 Å². The third-order valence-electron chi connectivity index (χ3n) is 5.83. The zero-order chi connectivity index (χ0) is 21.9. The van der Waals surface area contributed by atoms with Gasteiger partial charge >= 0.3 is 0 Å². The van der Waals surface area contributed by atoms with Crippen LogP contribution in [0.15, 0.2) is 48.5 Å². The van der Waals surface area contributed by atoms with Crippen LogP contribution in [0.1, 0.15) is 31.4 Å². The molecule has 0 radical (unpaired) electrons. The summed E-state index contributed by atoms with van der Waals surface area (Å²) in [4.78, 5) is 2.31. The van der Waals surface area contributed by atoms with Gasteiger partial charge in [-0.15, -0.1) is 0 Å². The van der Waals surface area contributed by atoms with Gasteiger partial charge in [0.2, 0.25) is 10.0 Å². The maximum atomic E-state index is 12.8. The zero-order valence-corrected chi connectivity index (χ0v) is 19.2. The minimum absolute atomic E-state index is 0.104. The molecule has 2 heterocycles. The molecule has 31 heavy (non-hydrogen) atoms. The van der Waals surface area contributed by atoms with E-state index >= 15 is 0 Å². The van der Waals surface area contributed by atoms with E-state index < -0.39 is 10.0 Å². The summed E-state index contributed by atoms with van der Waals surface area (Å²) >= 11 is 0. The van der Waals surface area contributed by atoms with Gasteiger partial charge < -0.3 is 9.47 Å². The molecule has 6 nitrogen and oxygen atoms in total. The largest absolute Gasteiger partial charge is 0.490 e. The van der Waals surface area contributed by atoms with E-state index in [0.29, 0.717) is 31.9 Å². The molecule has 2 aromatic rings. The molecular formula is C24H32N2O4S. The van der Waals surface area contributed by atoms with Gasteiger partial charge in [-0.25, -0.2) is 8.42 Å². The summed E-state index contributed by atoms with van der Waals surface area (Å²) in [5, 5.41) is 0. The van der Waals surface area contributed by atoms with Crippen molar-refractivity contribution < 1.29 is 17.9 Å². The lowest BCUT2D eigenvalue weighted by Gasteiger charge is -2.34. The van der Waals surface area contributed by atoms with Crippen molar-refractivity contribution in [1.82, 2.24) is 9.21 Å². The predicted octanol–water partition coefficient (Wildman–Crippen LogP) is 3.32. The first-order chi connectivity index (χ1) is 14.8. The summed E-state index contributed by atoms with van der Waals surface area (Å²) in [7, 11) is -3.27. The van der Waals surface area contributed by atoms with Crippen molar-refractivity contribution in [2.45, 2.75) is 38.8 Å². The molecule has 0 saturated carbocycles. The summed E-state index contributed by atoms with van der Waals surface area (Å²) in [6, 6.07) is 16.2. The average Bonchev–Trinajstić information content (AvgIpc) is 3.07. The average molecular weight is 445 g/mol. The molecule has 0 spiro atoms. The molecule has 0 aliphatic carbocycles. The van der Waals surface area contributed by atoms with Crippen LogP contribution in [0.4, 0.5) is 0 Å². The maximum absolute atomic E-state index is 12.8. The van der Waals surface area contributed by atoms with Crippen molar-refractivity contribution >= 4 is 10.0 Å². The minimum atomic E-state index is -3.27. The van der Waals surface area contributed by atoms with Gasteiger partial charge in [-0.05, 0) is 31.9 Å². The number of nitrogens with zero attached hydrogens (tertiary/aromatic N) is 2. The summed E-state index contributed by atoms with van der Waals surface area (Å²) in [6.45, 7) is 7.94. The van der Waals surface area contributed by atoms with E-state index in [1.54, 1.807) is 4.31 Å². The number of piperazine rings is 1. The van der Waals surface area contributed by atoms with E-state index in [-0.39, 0.29) is 11.4 Å². The SMILES string of the molecule is CC1(C)Cc2cccc(OCCCS(=O)(=O)N3CCN(Cc4ccccc4)CC3)c2O1. The van der Waals surface area contributed by atoms with Crippen LogP contribution in [0.25, 0.3) is 0 Å². The van der Waals surface area contributed by atoms with Crippen LogP contribution >= 0.6 is 0 Å². The number of fused-ring (bicyclic) bond motifs is 1. The molecule has 7 heteroatoms. The zero-order valence-electron chi connectivity index (χ0n) is 18.4. The first-order valence-electron chi connectivity index (χ1n) is 11.0. The number of rotatable bonds is 8. The second-order valence-corrected chi connectivity index (χ2v) is 11.1. The van der Waals surface area contributed by atoms with Crippen molar-refractivity contribution in [2.75, 3.05) is 38.5 Å². The van der Waals surface area contributed by atoms with Crippen LogP contribution in [0.3, 0.4) is 0 Å². The topological polar surface area (TPSA) is 59.1 Å². The Hall–Kier alpha value is -2.09. The smallest absolute Gasteiger partial charge is 0.214 e. The van der Waals surface area contributed by atoms with Crippen molar-refractivity contribution in [3.8, 4) is 11.5 Å². The Kier molecular flexibility index (Phi) is 6.55. The Labute approximate surface area is 185 Å². The first kappa shape index (κ1) is 22.1. The molecular weight excluding hydrogens is 412 g/mol. The molecule has 0 bridgehead atoms. The van der Waals surface area contributed by atoms with E-state index in [1.165, 1.54) is 5.56 Å². The van der Waals surface area contributed by atoms with Crippen LogP contribution in [-0.4, -0.2) is 61.8 Å². The molecule has 0 aromatic heterocycles. The van der Waals surface area contributed by atoms with Gasteiger partial charge in [-0.3, -0.25) is 4.90 Å². The van der Waals surface area contributed by atoms with Gasteiger partial charge in [-0.2, -0.15) is 4.31 Å². The number of para-hydroxylation sites is 1. The van der Waals surface area contributed by atoms with Crippen LogP contribution in [0, 0.1) is 0 Å². The Morgan fingerprint density at radius 3 is 2.48 bits per heavy atom. The molecule has 0 unspecified atom stereocenters. The Morgan fingerprint density at radius 2 is 1.74 bits per heavy atom. The number of sulfonamides is 1. The van der Waals surface area contributed by atoms with E-state index in [0.717, 1.165) is 37.4 Å². The fourth-order valence-corrected chi connectivity index (χ4v) is 5.72. The molecule has 2 aliphatic rings. The third kappa shape index (κ3) is 5.59. The second-order valence-electron chi connectivity index (χ2n) is 8.96. The highest BCUT2D eigenvalue weighted by Crippen LogP contribution is 2.41. The second kappa shape index (κ2) is 9.18. The Balaban J connectivity index is 1.22. The molecule has 168 valence electrons. The van der Waals surface area contributed by atoms with Crippen LogP contribution in [0.5, 0.6) is 11.5 Å². The molecule has 1 saturated heterocycles. The van der Waals surface area contributed by atoms with Gasteiger partial charge in [-0.1, -0.05) is 42.5 Å². The van der Waals surface area contributed by atoms with Gasteiger partial charge in [0.25, 0.3) is 0 Å². The first-order valence-corrected chi connectivity index (χ1v) is 12.6. The fourth-order valence-electron chi connectivity index (χ4n) is 4.26. The number of hydrogen-bond donors (Lipinski definition) is 0. The molecule has 1 fully saturated rings.